The minimum absolute atomic E-state index is 0.0311. The Balaban J connectivity index is 1.55. The number of ether oxygens (including phenoxy) is 1. The van der Waals surface area contributed by atoms with Gasteiger partial charge in [0, 0.05) is 5.56 Å². The normalized spacial score (nSPS) is 14.8. The van der Waals surface area contributed by atoms with Crippen molar-refractivity contribution in [1.82, 2.24) is 10.6 Å². The van der Waals surface area contributed by atoms with E-state index in [9.17, 15) is 9.59 Å². The van der Waals surface area contributed by atoms with Crippen molar-refractivity contribution in [2.45, 2.75) is 45.1 Å². The number of amides is 2. The molecule has 1 aliphatic rings. The quantitative estimate of drug-likeness (QED) is 0.746. The zero-order chi connectivity index (χ0) is 21.0. The average molecular weight is 395 g/mol. The highest BCUT2D eigenvalue weighted by Gasteiger charge is 2.33. The summed E-state index contributed by atoms with van der Waals surface area (Å²) in [5.41, 5.74) is 2.82. The van der Waals surface area contributed by atoms with Crippen LogP contribution in [0.15, 0.2) is 48.5 Å². The molecule has 154 valence electrons. The lowest BCUT2D eigenvalue weighted by atomic mass is 9.87. The van der Waals surface area contributed by atoms with Crippen molar-refractivity contribution < 1.29 is 14.3 Å². The molecule has 0 spiro atoms. The Labute approximate surface area is 172 Å². The number of carbonyl (C=O) groups excluding carboxylic acids is 2. The molecule has 1 atom stereocenters. The highest BCUT2D eigenvalue weighted by Crippen LogP contribution is 2.41. The smallest absolute Gasteiger partial charge is 0.251 e. The van der Waals surface area contributed by atoms with Crippen LogP contribution in [0.2, 0.25) is 0 Å². The first-order valence-electron chi connectivity index (χ1n) is 10.1. The summed E-state index contributed by atoms with van der Waals surface area (Å²) in [6.07, 6.45) is 2.20. The van der Waals surface area contributed by atoms with Crippen molar-refractivity contribution in [3.8, 4) is 5.75 Å². The van der Waals surface area contributed by atoms with E-state index in [2.05, 4.69) is 31.4 Å². The molecule has 2 amide bonds. The van der Waals surface area contributed by atoms with Gasteiger partial charge >= 0.3 is 0 Å². The van der Waals surface area contributed by atoms with Crippen LogP contribution in [0.5, 0.6) is 5.75 Å². The second kappa shape index (κ2) is 8.68. The van der Waals surface area contributed by atoms with Crippen LogP contribution in [0.25, 0.3) is 0 Å². The largest absolute Gasteiger partial charge is 0.497 e. The van der Waals surface area contributed by atoms with Crippen LogP contribution in [0.1, 0.15) is 61.1 Å². The Morgan fingerprint density at radius 3 is 2.17 bits per heavy atom. The summed E-state index contributed by atoms with van der Waals surface area (Å²) in [5, 5.41) is 5.79. The van der Waals surface area contributed by atoms with Crippen LogP contribution in [-0.2, 0) is 10.2 Å². The number of methoxy groups -OCH3 is 1. The van der Waals surface area contributed by atoms with Gasteiger partial charge in [-0.3, -0.25) is 9.59 Å². The third kappa shape index (κ3) is 5.59. The third-order valence-electron chi connectivity index (χ3n) is 5.31. The average Bonchev–Trinajstić information content (AvgIpc) is 3.55. The first-order chi connectivity index (χ1) is 13.8. The number of hydrogen-bond acceptors (Lipinski definition) is 3. The first-order valence-corrected chi connectivity index (χ1v) is 10.1. The monoisotopic (exact) mass is 394 g/mol. The van der Waals surface area contributed by atoms with Crippen LogP contribution in [0.3, 0.4) is 0 Å². The van der Waals surface area contributed by atoms with Gasteiger partial charge in [0.2, 0.25) is 5.91 Å². The van der Waals surface area contributed by atoms with E-state index >= 15 is 0 Å². The third-order valence-corrected chi connectivity index (χ3v) is 5.31. The molecule has 0 saturated heterocycles. The zero-order valence-electron chi connectivity index (χ0n) is 17.6. The predicted octanol–water partition coefficient (Wildman–Crippen LogP) is 3.99. The standard InChI is InChI=1S/C24H30N2O3/c1-24(2,3)19-11-7-18(8-12-19)23(28)25-15-21(27)26-22(16-5-6-16)17-9-13-20(29-4)14-10-17/h7-14,16,22H,5-6,15H2,1-4H3,(H,25,28)(H,26,27). The van der Waals surface area contributed by atoms with Gasteiger partial charge in [0.25, 0.3) is 5.91 Å². The molecular weight excluding hydrogens is 364 g/mol. The molecule has 2 N–H and O–H groups in total. The van der Waals surface area contributed by atoms with Gasteiger partial charge in [0.1, 0.15) is 5.75 Å². The predicted molar refractivity (Wildman–Crippen MR) is 114 cm³/mol. The van der Waals surface area contributed by atoms with E-state index in [1.54, 1.807) is 19.2 Å². The van der Waals surface area contributed by atoms with E-state index in [1.807, 2.05) is 36.4 Å². The van der Waals surface area contributed by atoms with Crippen molar-refractivity contribution in [1.29, 1.82) is 0 Å². The molecule has 2 aromatic carbocycles. The lowest BCUT2D eigenvalue weighted by molar-refractivity contribution is -0.121. The maximum absolute atomic E-state index is 12.5. The van der Waals surface area contributed by atoms with Gasteiger partial charge in [-0.05, 0) is 59.6 Å². The minimum atomic E-state index is -0.243. The summed E-state index contributed by atoms with van der Waals surface area (Å²) < 4.78 is 5.20. The van der Waals surface area contributed by atoms with Crippen molar-refractivity contribution in [2.24, 2.45) is 5.92 Å². The second-order valence-electron chi connectivity index (χ2n) is 8.67. The molecular formula is C24H30N2O3. The lowest BCUT2D eigenvalue weighted by Crippen LogP contribution is -2.39. The van der Waals surface area contributed by atoms with Gasteiger partial charge in [0.15, 0.2) is 0 Å². The van der Waals surface area contributed by atoms with Gasteiger partial charge in [-0.25, -0.2) is 0 Å². The van der Waals surface area contributed by atoms with Gasteiger partial charge in [-0.15, -0.1) is 0 Å². The van der Waals surface area contributed by atoms with Crippen LogP contribution in [0.4, 0.5) is 0 Å². The van der Waals surface area contributed by atoms with Crippen molar-refractivity contribution >= 4 is 11.8 Å². The summed E-state index contributed by atoms with van der Waals surface area (Å²) in [6.45, 7) is 6.35. The fourth-order valence-electron chi connectivity index (χ4n) is 3.32. The van der Waals surface area contributed by atoms with Crippen LogP contribution in [-0.4, -0.2) is 25.5 Å². The molecule has 1 fully saturated rings. The minimum Gasteiger partial charge on any atom is -0.497 e. The van der Waals surface area contributed by atoms with Crippen molar-refractivity contribution in [3.63, 3.8) is 0 Å². The van der Waals surface area contributed by atoms with E-state index in [0.717, 1.165) is 24.2 Å². The Morgan fingerprint density at radius 1 is 1.03 bits per heavy atom. The maximum atomic E-state index is 12.5. The van der Waals surface area contributed by atoms with Gasteiger partial charge in [-0.1, -0.05) is 45.0 Å². The molecule has 0 aromatic heterocycles. The molecule has 5 nitrogen and oxygen atoms in total. The van der Waals surface area contributed by atoms with E-state index in [0.29, 0.717) is 11.5 Å². The molecule has 2 aromatic rings. The van der Waals surface area contributed by atoms with E-state index in [4.69, 9.17) is 4.74 Å². The SMILES string of the molecule is COc1ccc(C(NC(=O)CNC(=O)c2ccc(C(C)(C)C)cc2)C2CC2)cc1. The summed E-state index contributed by atoms with van der Waals surface area (Å²) in [4.78, 5) is 24.8. The number of carbonyl (C=O) groups is 2. The zero-order valence-corrected chi connectivity index (χ0v) is 17.6. The summed E-state index contributed by atoms with van der Waals surface area (Å²) in [6, 6.07) is 15.3. The Hall–Kier alpha value is -2.82. The molecule has 1 saturated carbocycles. The Kier molecular flexibility index (Phi) is 6.26. The number of rotatable bonds is 7. The van der Waals surface area contributed by atoms with Crippen molar-refractivity contribution in [2.75, 3.05) is 13.7 Å². The number of hydrogen-bond donors (Lipinski definition) is 2. The molecule has 29 heavy (non-hydrogen) atoms. The summed E-state index contributed by atoms with van der Waals surface area (Å²) >= 11 is 0. The molecule has 5 heteroatoms. The molecule has 0 bridgehead atoms. The van der Waals surface area contributed by atoms with E-state index < -0.39 is 0 Å². The molecule has 0 heterocycles. The fourth-order valence-corrected chi connectivity index (χ4v) is 3.32. The highest BCUT2D eigenvalue weighted by molar-refractivity contribution is 5.96. The van der Waals surface area contributed by atoms with Crippen LogP contribution < -0.4 is 15.4 Å². The maximum Gasteiger partial charge on any atom is 0.251 e. The van der Waals surface area contributed by atoms with Crippen molar-refractivity contribution in [3.05, 3.63) is 65.2 Å². The summed E-state index contributed by atoms with van der Waals surface area (Å²) in [5.74, 6) is 0.817. The van der Waals surface area contributed by atoms with E-state index in [1.165, 1.54) is 5.56 Å². The molecule has 0 aliphatic heterocycles. The number of benzene rings is 2. The highest BCUT2D eigenvalue weighted by atomic mass is 16.5. The molecule has 0 radical (unpaired) electrons. The van der Waals surface area contributed by atoms with Crippen LogP contribution in [0, 0.1) is 5.92 Å². The first kappa shape index (κ1) is 20.9. The topological polar surface area (TPSA) is 67.4 Å². The second-order valence-corrected chi connectivity index (χ2v) is 8.67. The van der Waals surface area contributed by atoms with Crippen LogP contribution >= 0.6 is 0 Å². The molecule has 3 rings (SSSR count). The fraction of sp³-hybridized carbons (Fsp3) is 0.417. The summed E-state index contributed by atoms with van der Waals surface area (Å²) in [7, 11) is 1.63. The lowest BCUT2D eigenvalue weighted by Gasteiger charge is -2.20. The molecule has 1 aliphatic carbocycles. The van der Waals surface area contributed by atoms with Gasteiger partial charge < -0.3 is 15.4 Å². The number of nitrogens with one attached hydrogen (secondary N) is 2. The Bertz CT molecular complexity index is 847. The van der Waals surface area contributed by atoms with Gasteiger partial charge in [-0.2, -0.15) is 0 Å². The van der Waals surface area contributed by atoms with Gasteiger partial charge in [0.05, 0.1) is 19.7 Å². The van der Waals surface area contributed by atoms with E-state index in [-0.39, 0.29) is 29.8 Å². The molecule has 1 unspecified atom stereocenters. The Morgan fingerprint density at radius 2 is 1.66 bits per heavy atom.